The van der Waals surface area contributed by atoms with Crippen molar-refractivity contribution in [1.29, 1.82) is 0 Å². The Bertz CT molecular complexity index is 1170. The molecule has 15 heteroatoms. The number of hydrogen-bond donors (Lipinski definition) is 0. The van der Waals surface area contributed by atoms with Crippen molar-refractivity contribution in [1.82, 2.24) is 9.88 Å². The van der Waals surface area contributed by atoms with Crippen molar-refractivity contribution >= 4 is 32.2 Å². The van der Waals surface area contributed by atoms with Crippen LogP contribution in [0.2, 0.25) is 0 Å². The smallest absolute Gasteiger partial charge is 0.375 e. The first kappa shape index (κ1) is 26.5. The summed E-state index contributed by atoms with van der Waals surface area (Å²) in [5, 5.41) is 11.2. The van der Waals surface area contributed by atoms with Crippen molar-refractivity contribution in [2.45, 2.75) is 50.2 Å². The fourth-order valence-electron chi connectivity index (χ4n) is 4.49. The second-order valence-electron chi connectivity index (χ2n) is 8.84. The van der Waals surface area contributed by atoms with E-state index in [4.69, 9.17) is 4.74 Å². The van der Waals surface area contributed by atoms with Gasteiger partial charge < -0.3 is 9.64 Å². The summed E-state index contributed by atoms with van der Waals surface area (Å²) in [4.78, 5) is 30.0. The molecule has 0 unspecified atom stereocenters. The molecule has 198 valence electrons. The number of ether oxygens (including phenoxy) is 1. The van der Waals surface area contributed by atoms with Crippen LogP contribution in [0.1, 0.15) is 31.2 Å². The zero-order valence-corrected chi connectivity index (χ0v) is 19.6. The molecule has 2 aliphatic rings. The number of nitrogens with zero attached hydrogens (tertiary/aromatic N) is 4. The first-order chi connectivity index (χ1) is 16.8. The van der Waals surface area contributed by atoms with Gasteiger partial charge in [-0.25, -0.2) is 0 Å². The van der Waals surface area contributed by atoms with Gasteiger partial charge in [-0.3, -0.25) is 19.8 Å². The van der Waals surface area contributed by atoms with Crippen molar-refractivity contribution in [3.63, 3.8) is 0 Å². The Morgan fingerprint density at radius 1 is 1.03 bits per heavy atom. The number of nitro benzene ring substituents is 1. The molecule has 3 heterocycles. The van der Waals surface area contributed by atoms with Crippen LogP contribution in [0, 0.1) is 10.1 Å². The molecule has 0 aliphatic carbocycles. The lowest BCUT2D eigenvalue weighted by molar-refractivity contribution is -0.383. The lowest BCUT2D eigenvalue weighted by Crippen LogP contribution is -2.44. The first-order valence-electron chi connectivity index (χ1n) is 11.2. The highest BCUT2D eigenvalue weighted by atomic mass is 32.1. The van der Waals surface area contributed by atoms with Crippen molar-refractivity contribution in [3.05, 3.63) is 38.2 Å². The number of halogens is 6. The standard InChI is InChI=1S/C21H22F6N4O4S/c22-20(23,24)11-29-5-1-13(2-6-29)35-14-3-7-30(8-4-14)19-28-18(32)15-9-12(21(25,26)27)10-16(31(33)34)17(15)36-19/h9-10,13-14H,1-8,11H2. The Kier molecular flexibility index (Phi) is 7.44. The summed E-state index contributed by atoms with van der Waals surface area (Å²) in [6.45, 7) is 0.468. The van der Waals surface area contributed by atoms with Crippen LogP contribution < -0.4 is 10.5 Å². The van der Waals surface area contributed by atoms with Crippen LogP contribution in [0.4, 0.5) is 37.2 Å². The molecule has 0 bridgehead atoms. The SMILES string of the molecule is O=c1nc(N2CCC(OC3CCN(CC(F)(F)F)CC3)CC2)sc2c([N+](=O)[O-])cc(C(F)(F)F)cc12. The number of rotatable bonds is 5. The van der Waals surface area contributed by atoms with Crippen molar-refractivity contribution in [2.24, 2.45) is 0 Å². The molecule has 0 atom stereocenters. The number of piperidine rings is 2. The maximum absolute atomic E-state index is 13.1. The average molecular weight is 540 g/mol. The van der Waals surface area contributed by atoms with Gasteiger partial charge in [0.2, 0.25) is 0 Å². The van der Waals surface area contributed by atoms with E-state index in [0.29, 0.717) is 64.0 Å². The maximum Gasteiger partial charge on any atom is 0.416 e. The molecule has 36 heavy (non-hydrogen) atoms. The zero-order valence-electron chi connectivity index (χ0n) is 18.8. The van der Waals surface area contributed by atoms with Crippen LogP contribution in [0.5, 0.6) is 0 Å². The van der Waals surface area contributed by atoms with Crippen LogP contribution in [0.3, 0.4) is 0 Å². The van der Waals surface area contributed by atoms with Gasteiger partial charge in [-0.1, -0.05) is 11.3 Å². The summed E-state index contributed by atoms with van der Waals surface area (Å²) in [5.74, 6) is 0. The Morgan fingerprint density at radius 3 is 2.14 bits per heavy atom. The molecular formula is C21H22F6N4O4S. The minimum Gasteiger partial charge on any atom is -0.375 e. The molecule has 0 radical (unpaired) electrons. The number of alkyl halides is 6. The summed E-state index contributed by atoms with van der Waals surface area (Å²) < 4.78 is 83.0. The Balaban J connectivity index is 1.41. The van der Waals surface area contributed by atoms with Crippen LogP contribution >= 0.6 is 11.3 Å². The Morgan fingerprint density at radius 2 is 1.61 bits per heavy atom. The quantitative estimate of drug-likeness (QED) is 0.311. The van der Waals surface area contributed by atoms with E-state index in [9.17, 15) is 41.3 Å². The van der Waals surface area contributed by atoms with E-state index in [2.05, 4.69) is 4.98 Å². The van der Waals surface area contributed by atoms with Gasteiger partial charge in [0.25, 0.3) is 11.2 Å². The fourth-order valence-corrected chi connectivity index (χ4v) is 5.60. The average Bonchev–Trinajstić information content (AvgIpc) is 2.78. The lowest BCUT2D eigenvalue weighted by Gasteiger charge is -2.37. The number of likely N-dealkylation sites (tertiary alicyclic amines) is 1. The molecule has 4 rings (SSSR count). The molecule has 2 saturated heterocycles. The molecule has 8 nitrogen and oxygen atoms in total. The number of benzene rings is 1. The van der Waals surface area contributed by atoms with E-state index in [1.807, 2.05) is 0 Å². The second-order valence-corrected chi connectivity index (χ2v) is 9.82. The number of nitro groups is 1. The van der Waals surface area contributed by atoms with Gasteiger partial charge in [-0.05, 0) is 31.7 Å². The van der Waals surface area contributed by atoms with E-state index in [1.54, 1.807) is 4.90 Å². The van der Waals surface area contributed by atoms with E-state index in [1.165, 1.54) is 4.90 Å². The monoisotopic (exact) mass is 540 g/mol. The van der Waals surface area contributed by atoms with E-state index in [-0.39, 0.29) is 22.0 Å². The first-order valence-corrected chi connectivity index (χ1v) is 12.0. The van der Waals surface area contributed by atoms with E-state index >= 15 is 0 Å². The number of anilines is 1. The highest BCUT2D eigenvalue weighted by Crippen LogP contribution is 2.38. The highest BCUT2D eigenvalue weighted by molar-refractivity contribution is 7.22. The van der Waals surface area contributed by atoms with Gasteiger partial charge in [0.15, 0.2) is 5.13 Å². The molecule has 0 saturated carbocycles. The van der Waals surface area contributed by atoms with Gasteiger partial charge in [0.1, 0.15) is 4.70 Å². The van der Waals surface area contributed by atoms with Crippen molar-refractivity contribution in [3.8, 4) is 0 Å². The summed E-state index contributed by atoms with van der Waals surface area (Å²) in [7, 11) is 0. The summed E-state index contributed by atoms with van der Waals surface area (Å²) in [6, 6.07) is 1.00. The Labute approximate surface area is 204 Å². The molecule has 1 aromatic heterocycles. The summed E-state index contributed by atoms with van der Waals surface area (Å²) in [5.41, 5.74) is -3.07. The minimum absolute atomic E-state index is 0.138. The summed E-state index contributed by atoms with van der Waals surface area (Å²) in [6.07, 6.45) is -7.31. The highest BCUT2D eigenvalue weighted by Gasteiger charge is 2.35. The molecular weight excluding hydrogens is 518 g/mol. The third-order valence-corrected chi connectivity index (χ3v) is 7.41. The number of non-ortho nitro benzene ring substituents is 1. The zero-order chi connectivity index (χ0) is 26.3. The third-order valence-electron chi connectivity index (χ3n) is 6.25. The minimum atomic E-state index is -4.86. The lowest BCUT2D eigenvalue weighted by atomic mass is 10.0. The largest absolute Gasteiger partial charge is 0.416 e. The summed E-state index contributed by atoms with van der Waals surface area (Å²) >= 11 is 0.791. The molecule has 2 fully saturated rings. The normalized spacial score (nSPS) is 19.2. The number of aromatic nitrogens is 1. The van der Waals surface area contributed by atoms with Gasteiger partial charge in [0, 0.05) is 32.2 Å². The van der Waals surface area contributed by atoms with Crippen molar-refractivity contribution in [2.75, 3.05) is 37.6 Å². The maximum atomic E-state index is 13.1. The van der Waals surface area contributed by atoms with Crippen LogP contribution in [0.15, 0.2) is 16.9 Å². The number of fused-ring (bicyclic) bond motifs is 1. The molecule has 0 N–H and O–H groups in total. The fraction of sp³-hybridized carbons (Fsp3) is 0.619. The van der Waals surface area contributed by atoms with Crippen LogP contribution in [-0.2, 0) is 10.9 Å². The van der Waals surface area contributed by atoms with Crippen molar-refractivity contribution < 1.29 is 36.0 Å². The van der Waals surface area contributed by atoms with E-state index in [0.717, 1.165) is 11.3 Å². The van der Waals surface area contributed by atoms with Crippen LogP contribution in [0.25, 0.3) is 10.1 Å². The predicted molar refractivity (Wildman–Crippen MR) is 119 cm³/mol. The predicted octanol–water partition coefficient (Wildman–Crippen LogP) is 4.60. The topological polar surface area (TPSA) is 88.8 Å². The molecule has 2 aromatic rings. The Hall–Kier alpha value is -2.52. The molecule has 0 spiro atoms. The van der Waals surface area contributed by atoms with Gasteiger partial charge in [-0.2, -0.15) is 31.3 Å². The molecule has 2 aliphatic heterocycles. The van der Waals surface area contributed by atoms with Gasteiger partial charge in [0.05, 0.1) is 34.6 Å². The second kappa shape index (κ2) is 10.1. The third kappa shape index (κ3) is 6.24. The number of hydrogen-bond acceptors (Lipinski definition) is 8. The van der Waals surface area contributed by atoms with Gasteiger partial charge in [-0.15, -0.1) is 0 Å². The van der Waals surface area contributed by atoms with Crippen LogP contribution in [-0.4, -0.2) is 65.9 Å². The molecule has 0 amide bonds. The molecule has 1 aromatic carbocycles. The van der Waals surface area contributed by atoms with E-state index < -0.39 is 46.0 Å². The van der Waals surface area contributed by atoms with Gasteiger partial charge >= 0.3 is 12.4 Å².